The Morgan fingerprint density at radius 2 is 2.11 bits per heavy atom. The van der Waals surface area contributed by atoms with Gasteiger partial charge < -0.3 is 5.32 Å². The van der Waals surface area contributed by atoms with Crippen molar-refractivity contribution in [2.45, 2.75) is 72.4 Å². The molecule has 19 heavy (non-hydrogen) atoms. The first-order chi connectivity index (χ1) is 9.10. The number of aromatic nitrogens is 2. The summed E-state index contributed by atoms with van der Waals surface area (Å²) in [6.07, 6.45) is 6.11. The van der Waals surface area contributed by atoms with Gasteiger partial charge in [0.1, 0.15) is 0 Å². The molecule has 1 unspecified atom stereocenters. The third kappa shape index (κ3) is 3.82. The van der Waals surface area contributed by atoms with Crippen LogP contribution in [0.1, 0.15) is 58.3 Å². The summed E-state index contributed by atoms with van der Waals surface area (Å²) >= 11 is 0. The fourth-order valence-electron chi connectivity index (χ4n) is 2.53. The normalized spacial score (nSPS) is 18.5. The molecule has 0 aromatic carbocycles. The van der Waals surface area contributed by atoms with E-state index in [0.717, 1.165) is 32.0 Å². The Hall–Kier alpha value is -0.830. The summed E-state index contributed by atoms with van der Waals surface area (Å²) in [7, 11) is 0. The van der Waals surface area contributed by atoms with Gasteiger partial charge in [0.25, 0.3) is 0 Å². The van der Waals surface area contributed by atoms with Crippen molar-refractivity contribution in [2.24, 2.45) is 5.41 Å². The van der Waals surface area contributed by atoms with E-state index in [-0.39, 0.29) is 0 Å². The van der Waals surface area contributed by atoms with E-state index >= 15 is 0 Å². The van der Waals surface area contributed by atoms with Crippen molar-refractivity contribution in [3.63, 3.8) is 0 Å². The first-order valence-electron chi connectivity index (χ1n) is 7.89. The highest BCUT2D eigenvalue weighted by Crippen LogP contribution is 2.28. The lowest BCUT2D eigenvalue weighted by Gasteiger charge is -2.29. The molecule has 0 aliphatic heterocycles. The number of hydrogen-bond acceptors (Lipinski definition) is 2. The summed E-state index contributed by atoms with van der Waals surface area (Å²) in [5.74, 6) is 0. The van der Waals surface area contributed by atoms with Crippen molar-refractivity contribution in [3.8, 4) is 0 Å². The predicted octanol–water partition coefficient (Wildman–Crippen LogP) is 3.18. The Morgan fingerprint density at radius 1 is 1.37 bits per heavy atom. The maximum absolute atomic E-state index is 4.67. The second-order valence-electron chi connectivity index (χ2n) is 6.29. The number of rotatable bonds is 8. The topological polar surface area (TPSA) is 29.9 Å². The van der Waals surface area contributed by atoms with Crippen LogP contribution in [0.25, 0.3) is 0 Å². The predicted molar refractivity (Wildman–Crippen MR) is 80.4 cm³/mol. The first-order valence-corrected chi connectivity index (χ1v) is 7.89. The molecule has 3 heteroatoms. The highest BCUT2D eigenvalue weighted by atomic mass is 15.3. The molecule has 108 valence electrons. The van der Waals surface area contributed by atoms with Gasteiger partial charge in [-0.1, -0.05) is 20.8 Å². The molecule has 1 atom stereocenters. The largest absolute Gasteiger partial charge is 0.313 e. The minimum atomic E-state index is 0.348. The molecule has 0 bridgehead atoms. The summed E-state index contributed by atoms with van der Waals surface area (Å²) in [6.45, 7) is 11.2. The van der Waals surface area contributed by atoms with E-state index < -0.39 is 0 Å². The summed E-state index contributed by atoms with van der Waals surface area (Å²) in [5, 5.41) is 8.37. The standard InChI is InChI=1S/C16H29N3/c1-5-13-10-15(19(7-3)18-13)11-16(4,6-2)12-17-14-8-9-14/h10,14,17H,5-9,11-12H2,1-4H3. The maximum atomic E-state index is 4.67. The van der Waals surface area contributed by atoms with Gasteiger partial charge in [-0.05, 0) is 50.5 Å². The number of nitrogens with zero attached hydrogens (tertiary/aromatic N) is 2. The van der Waals surface area contributed by atoms with Gasteiger partial charge in [-0.25, -0.2) is 0 Å². The zero-order valence-electron chi connectivity index (χ0n) is 13.0. The summed E-state index contributed by atoms with van der Waals surface area (Å²) < 4.78 is 2.18. The van der Waals surface area contributed by atoms with Crippen LogP contribution in [-0.4, -0.2) is 22.4 Å². The van der Waals surface area contributed by atoms with Crippen molar-refractivity contribution in [1.82, 2.24) is 15.1 Å². The van der Waals surface area contributed by atoms with Crippen LogP contribution in [0, 0.1) is 5.41 Å². The Labute approximate surface area is 117 Å². The highest BCUT2D eigenvalue weighted by molar-refractivity contribution is 5.12. The minimum Gasteiger partial charge on any atom is -0.313 e. The summed E-state index contributed by atoms with van der Waals surface area (Å²) in [5.41, 5.74) is 2.98. The van der Waals surface area contributed by atoms with Crippen molar-refractivity contribution in [2.75, 3.05) is 6.54 Å². The Kier molecular flexibility index (Phi) is 4.67. The van der Waals surface area contributed by atoms with Crippen molar-refractivity contribution >= 4 is 0 Å². The van der Waals surface area contributed by atoms with Crippen LogP contribution in [0.2, 0.25) is 0 Å². The molecule has 0 spiro atoms. The van der Waals surface area contributed by atoms with E-state index in [2.05, 4.69) is 48.9 Å². The molecule has 1 aromatic heterocycles. The van der Waals surface area contributed by atoms with Crippen LogP contribution >= 0.6 is 0 Å². The van der Waals surface area contributed by atoms with Crippen LogP contribution in [0.5, 0.6) is 0 Å². The van der Waals surface area contributed by atoms with E-state index in [9.17, 15) is 0 Å². The fraction of sp³-hybridized carbons (Fsp3) is 0.812. The number of hydrogen-bond donors (Lipinski definition) is 1. The molecule has 1 N–H and O–H groups in total. The SMILES string of the molecule is CCc1cc(CC(C)(CC)CNC2CC2)n(CC)n1. The number of nitrogens with one attached hydrogen (secondary N) is 1. The highest BCUT2D eigenvalue weighted by Gasteiger charge is 2.28. The van der Waals surface area contributed by atoms with Crippen molar-refractivity contribution in [1.29, 1.82) is 0 Å². The van der Waals surface area contributed by atoms with Gasteiger partial charge in [-0.3, -0.25) is 4.68 Å². The Bertz CT molecular complexity index is 406. The van der Waals surface area contributed by atoms with Gasteiger partial charge in [0.2, 0.25) is 0 Å². The Morgan fingerprint density at radius 3 is 2.63 bits per heavy atom. The van der Waals surface area contributed by atoms with E-state index in [1.807, 2.05) is 0 Å². The van der Waals surface area contributed by atoms with Crippen LogP contribution in [-0.2, 0) is 19.4 Å². The molecule has 1 fully saturated rings. The van der Waals surface area contributed by atoms with Gasteiger partial charge in [-0.15, -0.1) is 0 Å². The van der Waals surface area contributed by atoms with Gasteiger partial charge >= 0.3 is 0 Å². The third-order valence-corrected chi connectivity index (χ3v) is 4.43. The van der Waals surface area contributed by atoms with E-state index in [4.69, 9.17) is 0 Å². The molecule has 1 saturated carbocycles. The van der Waals surface area contributed by atoms with Gasteiger partial charge in [-0.2, -0.15) is 5.10 Å². The minimum absolute atomic E-state index is 0.348. The first kappa shape index (κ1) is 14.6. The molecule has 1 aromatic rings. The fourth-order valence-corrected chi connectivity index (χ4v) is 2.53. The zero-order chi connectivity index (χ0) is 13.9. The molecular formula is C16H29N3. The molecule has 1 aliphatic carbocycles. The Balaban J connectivity index is 2.04. The van der Waals surface area contributed by atoms with Crippen LogP contribution < -0.4 is 5.32 Å². The van der Waals surface area contributed by atoms with E-state index in [0.29, 0.717) is 5.41 Å². The lowest BCUT2D eigenvalue weighted by molar-refractivity contribution is 0.281. The summed E-state index contributed by atoms with van der Waals surface area (Å²) in [4.78, 5) is 0. The molecule has 2 rings (SSSR count). The second kappa shape index (κ2) is 6.08. The molecule has 0 saturated heterocycles. The second-order valence-corrected chi connectivity index (χ2v) is 6.29. The molecular weight excluding hydrogens is 234 g/mol. The monoisotopic (exact) mass is 263 g/mol. The van der Waals surface area contributed by atoms with Crippen LogP contribution in [0.15, 0.2) is 6.07 Å². The quantitative estimate of drug-likeness (QED) is 0.780. The van der Waals surface area contributed by atoms with Gasteiger partial charge in [0, 0.05) is 24.8 Å². The van der Waals surface area contributed by atoms with Gasteiger partial charge in [0.15, 0.2) is 0 Å². The average molecular weight is 263 g/mol. The maximum Gasteiger partial charge on any atom is 0.0624 e. The zero-order valence-corrected chi connectivity index (χ0v) is 13.0. The molecule has 3 nitrogen and oxygen atoms in total. The molecule has 1 heterocycles. The lowest BCUT2D eigenvalue weighted by atomic mass is 9.82. The molecule has 0 amide bonds. The van der Waals surface area contributed by atoms with Crippen molar-refractivity contribution in [3.05, 3.63) is 17.5 Å². The molecule has 0 radical (unpaired) electrons. The summed E-state index contributed by atoms with van der Waals surface area (Å²) in [6, 6.07) is 3.10. The van der Waals surface area contributed by atoms with Gasteiger partial charge in [0.05, 0.1) is 5.69 Å². The van der Waals surface area contributed by atoms with Crippen LogP contribution in [0.3, 0.4) is 0 Å². The number of aryl methyl sites for hydroxylation is 2. The smallest absolute Gasteiger partial charge is 0.0624 e. The third-order valence-electron chi connectivity index (χ3n) is 4.43. The van der Waals surface area contributed by atoms with Crippen molar-refractivity contribution < 1.29 is 0 Å². The average Bonchev–Trinajstić information content (AvgIpc) is 3.17. The molecule has 1 aliphatic rings. The van der Waals surface area contributed by atoms with E-state index in [1.165, 1.54) is 30.7 Å². The van der Waals surface area contributed by atoms with E-state index in [1.54, 1.807) is 0 Å². The lowest BCUT2D eigenvalue weighted by Crippen LogP contribution is -2.35. The van der Waals surface area contributed by atoms with Crippen LogP contribution in [0.4, 0.5) is 0 Å².